The fourth-order valence-electron chi connectivity index (χ4n) is 2.45. The van der Waals surface area contributed by atoms with E-state index >= 15 is 0 Å². The third-order valence-corrected chi connectivity index (χ3v) is 4.07. The molecular weight excluding hydrogens is 291 g/mol. The number of aromatic amines is 1. The summed E-state index contributed by atoms with van der Waals surface area (Å²) < 4.78 is 0. The number of rotatable bonds is 3. The lowest BCUT2D eigenvalue weighted by atomic mass is 9.86. The lowest BCUT2D eigenvalue weighted by Gasteiger charge is -2.22. The first-order valence-corrected chi connectivity index (χ1v) is 7.70. The molecule has 0 saturated carbocycles. The fraction of sp³-hybridized carbons (Fsp3) is 0.562. The molecule has 2 nitrogen and oxygen atoms in total. The van der Waals surface area contributed by atoms with Gasteiger partial charge in [-0.05, 0) is 35.3 Å². The second kappa shape index (κ2) is 5.57. The molecule has 0 amide bonds. The Bertz CT molecular complexity index is 621. The van der Waals surface area contributed by atoms with Crippen molar-refractivity contribution in [1.29, 1.82) is 0 Å². The molecule has 0 aliphatic carbocycles. The van der Waals surface area contributed by atoms with Crippen molar-refractivity contribution in [2.24, 2.45) is 11.3 Å². The van der Waals surface area contributed by atoms with E-state index in [0.717, 1.165) is 40.0 Å². The van der Waals surface area contributed by atoms with Crippen LogP contribution in [0.2, 0.25) is 10.0 Å². The van der Waals surface area contributed by atoms with Crippen LogP contribution in [0.3, 0.4) is 0 Å². The Labute approximate surface area is 130 Å². The molecular formula is C16H21Cl2N2. The Kier molecular flexibility index (Phi) is 4.36. The minimum Gasteiger partial charge on any atom is -0.335 e. The number of hydrogen-bond donors (Lipinski definition) is 1. The molecule has 0 atom stereocenters. The van der Waals surface area contributed by atoms with Gasteiger partial charge in [0.05, 0.1) is 15.6 Å². The highest BCUT2D eigenvalue weighted by Gasteiger charge is 2.23. The number of hydrogen-bond acceptors (Lipinski definition) is 1. The molecule has 1 heterocycles. The Morgan fingerprint density at radius 2 is 1.80 bits per heavy atom. The number of benzene rings is 1. The van der Waals surface area contributed by atoms with Crippen LogP contribution in [-0.4, -0.2) is 9.97 Å². The quantitative estimate of drug-likeness (QED) is 0.801. The van der Waals surface area contributed by atoms with E-state index in [2.05, 4.69) is 50.9 Å². The van der Waals surface area contributed by atoms with E-state index in [-0.39, 0.29) is 5.41 Å². The van der Waals surface area contributed by atoms with Crippen molar-refractivity contribution in [3.8, 4) is 0 Å². The van der Waals surface area contributed by atoms with Crippen LogP contribution >= 0.6 is 23.2 Å². The number of aromatic nitrogens is 2. The summed E-state index contributed by atoms with van der Waals surface area (Å²) in [4.78, 5) is 7.31. The molecule has 1 radical (unpaired) electrons. The van der Waals surface area contributed by atoms with Gasteiger partial charge in [0, 0.05) is 0 Å². The van der Waals surface area contributed by atoms with Crippen LogP contribution in [0.5, 0.6) is 0 Å². The van der Waals surface area contributed by atoms with Crippen molar-refractivity contribution in [2.45, 2.75) is 47.5 Å². The second-order valence-electron chi connectivity index (χ2n) is 6.99. The van der Waals surface area contributed by atoms with Crippen LogP contribution in [-0.2, 0) is 12.8 Å². The summed E-state index contributed by atoms with van der Waals surface area (Å²) in [5, 5.41) is 1.44. The Balaban J connectivity index is 2.68. The van der Waals surface area contributed by atoms with E-state index in [4.69, 9.17) is 23.2 Å². The predicted molar refractivity (Wildman–Crippen MR) is 86.7 cm³/mol. The van der Waals surface area contributed by atoms with Gasteiger partial charge in [-0.2, -0.15) is 0 Å². The van der Waals surface area contributed by atoms with Crippen LogP contribution in [0.25, 0.3) is 11.0 Å². The summed E-state index contributed by atoms with van der Waals surface area (Å²) in [6.45, 7) is 10.9. The van der Waals surface area contributed by atoms with E-state index in [1.165, 1.54) is 0 Å². The van der Waals surface area contributed by atoms with Crippen molar-refractivity contribution >= 4 is 34.2 Å². The number of imidazole rings is 1. The summed E-state index contributed by atoms with van der Waals surface area (Å²) in [6.07, 6.45) is 4.53. The van der Waals surface area contributed by atoms with Crippen LogP contribution in [0.15, 0.2) is 0 Å². The predicted octanol–water partition coefficient (Wildman–Crippen LogP) is 5.46. The first kappa shape index (κ1) is 15.7. The van der Waals surface area contributed by atoms with Crippen LogP contribution < -0.4 is 0 Å². The molecule has 0 unspecified atom stereocenters. The minimum absolute atomic E-state index is 0.121. The van der Waals surface area contributed by atoms with E-state index in [1.807, 2.05) is 0 Å². The van der Waals surface area contributed by atoms with Gasteiger partial charge in [0.25, 0.3) is 0 Å². The van der Waals surface area contributed by atoms with Gasteiger partial charge in [-0.1, -0.05) is 57.8 Å². The molecule has 0 aliphatic rings. The highest BCUT2D eigenvalue weighted by Crippen LogP contribution is 2.39. The van der Waals surface area contributed by atoms with Gasteiger partial charge in [0.15, 0.2) is 6.33 Å². The van der Waals surface area contributed by atoms with Gasteiger partial charge in [-0.25, -0.2) is 4.98 Å². The van der Waals surface area contributed by atoms with Crippen molar-refractivity contribution in [1.82, 2.24) is 9.97 Å². The Hall–Kier alpha value is -0.730. The molecule has 20 heavy (non-hydrogen) atoms. The van der Waals surface area contributed by atoms with Crippen molar-refractivity contribution in [3.05, 3.63) is 27.5 Å². The summed E-state index contributed by atoms with van der Waals surface area (Å²) >= 11 is 13.2. The van der Waals surface area contributed by atoms with Gasteiger partial charge in [-0.15, -0.1) is 0 Å². The zero-order chi connectivity index (χ0) is 15.1. The summed E-state index contributed by atoms with van der Waals surface area (Å²) in [5.74, 6) is 0.516. The first-order chi connectivity index (χ1) is 9.20. The number of halogens is 2. The SMILES string of the molecule is CC(C)Cc1c(Cl)c(CC(C)(C)C)c(Cl)c2n[c][nH]c12. The molecule has 0 saturated heterocycles. The third-order valence-electron chi connectivity index (χ3n) is 3.21. The molecule has 1 N–H and O–H groups in total. The van der Waals surface area contributed by atoms with Crippen LogP contribution in [0.4, 0.5) is 0 Å². The van der Waals surface area contributed by atoms with Crippen molar-refractivity contribution in [2.75, 3.05) is 0 Å². The van der Waals surface area contributed by atoms with Gasteiger partial charge in [0.1, 0.15) is 5.52 Å². The third kappa shape index (κ3) is 3.12. The summed E-state index contributed by atoms with van der Waals surface area (Å²) in [5.41, 5.74) is 3.94. The van der Waals surface area contributed by atoms with E-state index in [9.17, 15) is 0 Å². The van der Waals surface area contributed by atoms with Gasteiger partial charge < -0.3 is 4.98 Å². The summed E-state index contributed by atoms with van der Waals surface area (Å²) in [6, 6.07) is 0. The molecule has 0 spiro atoms. The normalized spacial score (nSPS) is 12.6. The molecule has 2 rings (SSSR count). The van der Waals surface area contributed by atoms with Gasteiger partial charge in [0.2, 0.25) is 0 Å². The Morgan fingerprint density at radius 3 is 2.35 bits per heavy atom. The van der Waals surface area contributed by atoms with Crippen LogP contribution in [0.1, 0.15) is 45.7 Å². The average Bonchev–Trinajstić information content (AvgIpc) is 2.77. The maximum absolute atomic E-state index is 6.65. The highest BCUT2D eigenvalue weighted by molar-refractivity contribution is 6.40. The van der Waals surface area contributed by atoms with E-state index in [1.54, 1.807) is 0 Å². The second-order valence-corrected chi connectivity index (χ2v) is 7.75. The molecule has 0 aliphatic heterocycles. The van der Waals surface area contributed by atoms with Gasteiger partial charge >= 0.3 is 0 Å². The molecule has 4 heteroatoms. The molecule has 2 aromatic rings. The number of H-pyrrole nitrogens is 1. The molecule has 0 fully saturated rings. The largest absolute Gasteiger partial charge is 0.335 e. The zero-order valence-corrected chi connectivity index (χ0v) is 14.2. The summed E-state index contributed by atoms with van der Waals surface area (Å²) in [7, 11) is 0. The van der Waals surface area contributed by atoms with Crippen LogP contribution in [0, 0.1) is 17.7 Å². The maximum Gasteiger partial charge on any atom is 0.174 e. The monoisotopic (exact) mass is 311 g/mol. The minimum atomic E-state index is 0.121. The molecule has 1 aromatic heterocycles. The van der Waals surface area contributed by atoms with E-state index < -0.39 is 0 Å². The Morgan fingerprint density at radius 1 is 1.15 bits per heavy atom. The zero-order valence-electron chi connectivity index (χ0n) is 12.7. The maximum atomic E-state index is 6.65. The lowest BCUT2D eigenvalue weighted by molar-refractivity contribution is 0.411. The number of nitrogens with zero attached hydrogens (tertiary/aromatic N) is 1. The molecule has 0 bridgehead atoms. The average molecular weight is 312 g/mol. The van der Waals surface area contributed by atoms with Crippen molar-refractivity contribution < 1.29 is 0 Å². The highest BCUT2D eigenvalue weighted by atomic mass is 35.5. The molecule has 109 valence electrons. The fourth-order valence-corrected chi connectivity index (χ4v) is 3.13. The van der Waals surface area contributed by atoms with E-state index in [0.29, 0.717) is 10.9 Å². The van der Waals surface area contributed by atoms with Gasteiger partial charge in [-0.3, -0.25) is 0 Å². The standard InChI is InChI=1S/C16H21Cl2N2/c1-9(2)6-10-12(17)11(7-16(3,4)5)13(18)15-14(10)19-8-20-15/h9H,6-7H2,1-5H3,(H,19,20). The van der Waals surface area contributed by atoms with Crippen molar-refractivity contribution in [3.63, 3.8) is 0 Å². The smallest absolute Gasteiger partial charge is 0.174 e. The lowest BCUT2D eigenvalue weighted by Crippen LogP contribution is -2.11. The topological polar surface area (TPSA) is 28.7 Å². The number of fused-ring (bicyclic) bond motifs is 1. The molecule has 1 aromatic carbocycles. The first-order valence-electron chi connectivity index (χ1n) is 6.95. The number of nitrogens with one attached hydrogen (secondary N) is 1.